The Kier molecular flexibility index (Phi) is 8.20. The van der Waals surface area contributed by atoms with Crippen LogP contribution in [0.3, 0.4) is 0 Å². The summed E-state index contributed by atoms with van der Waals surface area (Å²) in [6.07, 6.45) is 0. The summed E-state index contributed by atoms with van der Waals surface area (Å²) in [5.74, 6) is -0.0962. The lowest BCUT2D eigenvalue weighted by atomic mass is 9.98. The summed E-state index contributed by atoms with van der Waals surface area (Å²) in [7, 11) is 0. The molecule has 2 atom stereocenters. The first-order chi connectivity index (χ1) is 13.4. The number of carbonyl (C=O) groups is 2. The van der Waals surface area contributed by atoms with E-state index in [1.807, 2.05) is 88.4 Å². The van der Waals surface area contributed by atoms with E-state index in [4.69, 9.17) is 0 Å². The molecule has 2 amide bonds. The molecule has 0 aliphatic heterocycles. The molecule has 0 radical (unpaired) electrons. The highest BCUT2D eigenvalue weighted by Crippen LogP contribution is 2.21. The van der Waals surface area contributed by atoms with E-state index in [0.717, 1.165) is 16.0 Å². The average molecular weight is 383 g/mol. The number of benzene rings is 2. The molecule has 28 heavy (non-hydrogen) atoms. The van der Waals surface area contributed by atoms with Crippen molar-refractivity contribution in [2.75, 3.05) is 13.1 Å². The predicted molar refractivity (Wildman–Crippen MR) is 112 cm³/mol. The molecule has 0 spiro atoms. The molecule has 0 fully saturated rings. The van der Waals surface area contributed by atoms with Gasteiger partial charge in [-0.15, -0.1) is 0 Å². The van der Waals surface area contributed by atoms with Gasteiger partial charge in [0.25, 0.3) is 11.8 Å². The van der Waals surface area contributed by atoms with Crippen molar-refractivity contribution in [1.82, 2.24) is 10.6 Å². The van der Waals surface area contributed by atoms with E-state index < -0.39 is 0 Å². The van der Waals surface area contributed by atoms with Gasteiger partial charge in [-0.3, -0.25) is 9.59 Å². The van der Waals surface area contributed by atoms with Gasteiger partial charge in [-0.1, -0.05) is 60.7 Å². The third kappa shape index (κ3) is 6.20. The summed E-state index contributed by atoms with van der Waals surface area (Å²) >= 11 is 0. The first kappa shape index (κ1) is 21.6. The van der Waals surface area contributed by atoms with Crippen molar-refractivity contribution in [2.45, 2.75) is 45.8 Å². The van der Waals surface area contributed by atoms with Crippen LogP contribution < -0.4 is 15.5 Å². The Labute approximate surface area is 168 Å². The molecule has 0 heterocycles. The smallest absolute Gasteiger partial charge is 0.278 e. The fraction of sp³-hybridized carbons (Fsp3) is 0.391. The highest BCUT2D eigenvalue weighted by Gasteiger charge is 2.28. The third-order valence-electron chi connectivity index (χ3n) is 4.85. The normalized spacial score (nSPS) is 13.2. The number of hydrogen-bond acceptors (Lipinski definition) is 2. The van der Waals surface area contributed by atoms with Crippen LogP contribution in [-0.2, 0) is 9.59 Å². The van der Waals surface area contributed by atoms with E-state index in [2.05, 4.69) is 10.6 Å². The predicted octanol–water partition coefficient (Wildman–Crippen LogP) is 1.71. The molecule has 0 saturated heterocycles. The Bertz CT molecular complexity index is 707. The Hall–Kier alpha value is -2.66. The van der Waals surface area contributed by atoms with Crippen LogP contribution in [0.2, 0.25) is 0 Å². The molecule has 150 valence electrons. The number of likely N-dealkylation sites (N-methyl/N-ethyl adjacent to an activating group) is 1. The van der Waals surface area contributed by atoms with Crippen molar-refractivity contribution >= 4 is 11.8 Å². The van der Waals surface area contributed by atoms with Crippen LogP contribution in [0.25, 0.3) is 0 Å². The topological polar surface area (TPSA) is 62.6 Å². The quantitative estimate of drug-likeness (QED) is 0.618. The van der Waals surface area contributed by atoms with Crippen molar-refractivity contribution in [3.05, 3.63) is 71.8 Å². The minimum atomic E-state index is -0.335. The lowest BCUT2D eigenvalue weighted by Crippen LogP contribution is -3.17. The molecule has 2 aromatic rings. The second-order valence-corrected chi connectivity index (χ2v) is 7.40. The summed E-state index contributed by atoms with van der Waals surface area (Å²) in [6, 6.07) is 19.4. The van der Waals surface area contributed by atoms with Gasteiger partial charge in [0.15, 0.2) is 12.6 Å². The van der Waals surface area contributed by atoms with Crippen LogP contribution in [0.5, 0.6) is 0 Å². The molecule has 3 N–H and O–H groups in total. The fourth-order valence-corrected chi connectivity index (χ4v) is 3.27. The molecule has 0 saturated carbocycles. The Balaban J connectivity index is 2.14. The van der Waals surface area contributed by atoms with E-state index in [0.29, 0.717) is 6.54 Å². The first-order valence-electron chi connectivity index (χ1n) is 9.96. The van der Waals surface area contributed by atoms with Crippen molar-refractivity contribution < 1.29 is 14.5 Å². The van der Waals surface area contributed by atoms with Crippen molar-refractivity contribution in [1.29, 1.82) is 0 Å². The molecule has 5 nitrogen and oxygen atoms in total. The molecule has 1 unspecified atom stereocenters. The van der Waals surface area contributed by atoms with Gasteiger partial charge in [0, 0.05) is 6.04 Å². The average Bonchev–Trinajstić information content (AvgIpc) is 2.70. The molecule has 0 aliphatic rings. The van der Waals surface area contributed by atoms with E-state index in [1.54, 1.807) is 0 Å². The monoisotopic (exact) mass is 382 g/mol. The van der Waals surface area contributed by atoms with E-state index in [-0.39, 0.29) is 36.5 Å². The molecule has 0 aromatic heterocycles. The van der Waals surface area contributed by atoms with Gasteiger partial charge in [-0.2, -0.15) is 0 Å². The summed E-state index contributed by atoms with van der Waals surface area (Å²) < 4.78 is 0. The number of rotatable bonds is 9. The zero-order chi connectivity index (χ0) is 20.5. The van der Waals surface area contributed by atoms with E-state index in [1.165, 1.54) is 0 Å². The maximum atomic E-state index is 13.0. The Morgan fingerprint density at radius 2 is 1.36 bits per heavy atom. The highest BCUT2D eigenvalue weighted by atomic mass is 16.2. The summed E-state index contributed by atoms with van der Waals surface area (Å²) in [6.45, 7) is 8.72. The lowest BCUT2D eigenvalue weighted by molar-refractivity contribution is -0.904. The van der Waals surface area contributed by atoms with E-state index >= 15 is 0 Å². The standard InChI is InChI=1S/C23H31N3O2/c1-5-26(16-21(27)24-17(2)3)18(4)23(28)25-22(19-12-8-6-9-13-19)20-14-10-7-11-15-20/h6-15,17-18,22H,5,16H2,1-4H3,(H,24,27)(H,25,28)/p+1/t18-/m0/s1. The van der Waals surface area contributed by atoms with Gasteiger partial charge in [0.2, 0.25) is 0 Å². The zero-order valence-corrected chi connectivity index (χ0v) is 17.2. The summed E-state index contributed by atoms with van der Waals surface area (Å²) in [4.78, 5) is 26.1. The van der Waals surface area contributed by atoms with Crippen LogP contribution in [0, 0.1) is 0 Å². The molecular weight excluding hydrogens is 350 g/mol. The number of quaternary nitrogens is 1. The van der Waals surface area contributed by atoms with Gasteiger partial charge >= 0.3 is 0 Å². The summed E-state index contributed by atoms with van der Waals surface area (Å²) in [5, 5.41) is 6.09. The van der Waals surface area contributed by atoms with Crippen LogP contribution >= 0.6 is 0 Å². The number of nitrogens with one attached hydrogen (secondary N) is 3. The Morgan fingerprint density at radius 3 is 1.79 bits per heavy atom. The largest absolute Gasteiger partial charge is 0.349 e. The van der Waals surface area contributed by atoms with Crippen molar-refractivity contribution in [3.63, 3.8) is 0 Å². The van der Waals surface area contributed by atoms with Gasteiger partial charge in [-0.25, -0.2) is 0 Å². The maximum Gasteiger partial charge on any atom is 0.278 e. The van der Waals surface area contributed by atoms with Crippen molar-refractivity contribution in [2.24, 2.45) is 0 Å². The van der Waals surface area contributed by atoms with Crippen molar-refractivity contribution in [3.8, 4) is 0 Å². The molecule has 0 bridgehead atoms. The van der Waals surface area contributed by atoms with Crippen LogP contribution in [0.1, 0.15) is 44.9 Å². The minimum absolute atomic E-state index is 0.0332. The van der Waals surface area contributed by atoms with Crippen LogP contribution in [0.4, 0.5) is 0 Å². The SMILES string of the molecule is CC[NH+](CC(=O)NC(C)C)[C@@H](C)C(=O)NC(c1ccccc1)c1ccccc1. The zero-order valence-electron chi connectivity index (χ0n) is 17.2. The summed E-state index contributed by atoms with van der Waals surface area (Å²) in [5.41, 5.74) is 2.06. The molecule has 2 rings (SSSR count). The molecule has 0 aliphatic carbocycles. The number of carbonyl (C=O) groups excluding carboxylic acids is 2. The molecule has 2 aromatic carbocycles. The second-order valence-electron chi connectivity index (χ2n) is 7.40. The highest BCUT2D eigenvalue weighted by molar-refractivity contribution is 5.82. The first-order valence-corrected chi connectivity index (χ1v) is 9.96. The Morgan fingerprint density at radius 1 is 0.857 bits per heavy atom. The number of amides is 2. The molecular formula is C23H32N3O2+. The van der Waals surface area contributed by atoms with Crippen LogP contribution in [0.15, 0.2) is 60.7 Å². The van der Waals surface area contributed by atoms with Gasteiger partial charge in [0.1, 0.15) is 0 Å². The fourth-order valence-electron chi connectivity index (χ4n) is 3.27. The van der Waals surface area contributed by atoms with Gasteiger partial charge < -0.3 is 15.5 Å². The van der Waals surface area contributed by atoms with E-state index in [9.17, 15) is 9.59 Å². The maximum absolute atomic E-state index is 13.0. The second kappa shape index (κ2) is 10.6. The number of hydrogen-bond donors (Lipinski definition) is 3. The van der Waals surface area contributed by atoms with Crippen LogP contribution in [-0.4, -0.2) is 37.0 Å². The minimum Gasteiger partial charge on any atom is -0.349 e. The lowest BCUT2D eigenvalue weighted by Gasteiger charge is -2.27. The molecule has 5 heteroatoms. The van der Waals surface area contributed by atoms with Gasteiger partial charge in [0.05, 0.1) is 12.6 Å². The third-order valence-corrected chi connectivity index (χ3v) is 4.85. The van der Waals surface area contributed by atoms with Gasteiger partial charge in [-0.05, 0) is 38.8 Å².